The van der Waals surface area contributed by atoms with E-state index in [2.05, 4.69) is 41.2 Å². The van der Waals surface area contributed by atoms with Crippen LogP contribution >= 0.6 is 15.9 Å². The molecule has 106 valence electrons. The fourth-order valence-corrected chi connectivity index (χ4v) is 3.43. The van der Waals surface area contributed by atoms with Gasteiger partial charge < -0.3 is 11.1 Å². The number of nitrogen functional groups attached to an aromatic ring is 1. The molecule has 0 atom stereocenters. The summed E-state index contributed by atoms with van der Waals surface area (Å²) in [6.07, 6.45) is 6.91. The van der Waals surface area contributed by atoms with E-state index in [4.69, 9.17) is 5.73 Å². The smallest absolute Gasteiger partial charge is 0.0488 e. The van der Waals surface area contributed by atoms with Crippen LogP contribution in [-0.2, 0) is 0 Å². The summed E-state index contributed by atoms with van der Waals surface area (Å²) in [6, 6.07) is 4.13. The van der Waals surface area contributed by atoms with E-state index in [-0.39, 0.29) is 0 Å². The summed E-state index contributed by atoms with van der Waals surface area (Å²) in [5, 5.41) is 3.58. The van der Waals surface area contributed by atoms with Gasteiger partial charge in [0.1, 0.15) is 0 Å². The molecule has 0 aromatic heterocycles. The first-order valence-electron chi connectivity index (χ1n) is 7.39. The molecular weight excluding hydrogens is 300 g/mol. The summed E-state index contributed by atoms with van der Waals surface area (Å²) >= 11 is 3.58. The molecule has 1 aliphatic carbocycles. The van der Waals surface area contributed by atoms with Gasteiger partial charge >= 0.3 is 0 Å². The summed E-state index contributed by atoms with van der Waals surface area (Å²) in [6.45, 7) is 5.45. The number of hydrogen-bond donors (Lipinski definition) is 2. The Balaban J connectivity index is 1.88. The van der Waals surface area contributed by atoms with Crippen molar-refractivity contribution in [2.24, 2.45) is 11.8 Å². The van der Waals surface area contributed by atoms with Crippen LogP contribution in [-0.4, -0.2) is 6.54 Å². The third-order valence-electron chi connectivity index (χ3n) is 4.48. The van der Waals surface area contributed by atoms with Gasteiger partial charge in [-0.3, -0.25) is 0 Å². The maximum absolute atomic E-state index is 5.90. The van der Waals surface area contributed by atoms with Crippen LogP contribution in [0.15, 0.2) is 16.6 Å². The maximum Gasteiger partial charge on any atom is 0.0488 e. The van der Waals surface area contributed by atoms with Crippen molar-refractivity contribution in [1.29, 1.82) is 0 Å². The predicted octanol–water partition coefficient (Wildman–Crippen LogP) is 4.97. The molecule has 1 aliphatic rings. The van der Waals surface area contributed by atoms with E-state index in [0.717, 1.165) is 34.1 Å². The number of aryl methyl sites for hydroxylation is 1. The number of benzene rings is 1. The van der Waals surface area contributed by atoms with Gasteiger partial charge in [-0.2, -0.15) is 0 Å². The molecular formula is C16H25BrN2. The second kappa shape index (κ2) is 6.65. The van der Waals surface area contributed by atoms with Crippen LogP contribution in [0.4, 0.5) is 11.4 Å². The maximum atomic E-state index is 5.90. The summed E-state index contributed by atoms with van der Waals surface area (Å²) in [5.41, 5.74) is 9.06. The Morgan fingerprint density at radius 3 is 2.47 bits per heavy atom. The number of halogens is 1. The van der Waals surface area contributed by atoms with Crippen LogP contribution in [0.25, 0.3) is 0 Å². The molecule has 2 rings (SSSR count). The van der Waals surface area contributed by atoms with E-state index in [1.54, 1.807) is 0 Å². The number of rotatable bonds is 4. The molecule has 0 amide bonds. The molecule has 1 fully saturated rings. The normalized spacial score (nSPS) is 23.3. The average Bonchev–Trinajstić information content (AvgIpc) is 2.42. The fourth-order valence-electron chi connectivity index (χ4n) is 2.93. The number of hydrogen-bond acceptors (Lipinski definition) is 2. The van der Waals surface area contributed by atoms with Crippen LogP contribution in [0.1, 0.15) is 44.6 Å². The van der Waals surface area contributed by atoms with Crippen molar-refractivity contribution in [2.75, 3.05) is 17.6 Å². The van der Waals surface area contributed by atoms with E-state index >= 15 is 0 Å². The van der Waals surface area contributed by atoms with E-state index < -0.39 is 0 Å². The molecule has 3 heteroatoms. The molecule has 0 bridgehead atoms. The molecule has 1 aromatic rings. The Bertz CT molecular complexity index is 423. The zero-order valence-electron chi connectivity index (χ0n) is 12.0. The minimum atomic E-state index is 0.826. The summed E-state index contributed by atoms with van der Waals surface area (Å²) in [5.74, 6) is 1.80. The molecule has 0 saturated heterocycles. The number of anilines is 2. The largest absolute Gasteiger partial charge is 0.398 e. The molecule has 19 heavy (non-hydrogen) atoms. The molecule has 0 spiro atoms. The molecule has 3 N–H and O–H groups in total. The van der Waals surface area contributed by atoms with Gasteiger partial charge in [0.15, 0.2) is 0 Å². The number of nitrogens with one attached hydrogen (secondary N) is 1. The third kappa shape index (κ3) is 3.88. The lowest BCUT2D eigenvalue weighted by Gasteiger charge is -2.28. The minimum Gasteiger partial charge on any atom is -0.398 e. The molecule has 1 aromatic carbocycles. The van der Waals surface area contributed by atoms with Gasteiger partial charge in [-0.15, -0.1) is 0 Å². The lowest BCUT2D eigenvalue weighted by atomic mass is 9.81. The molecule has 0 heterocycles. The van der Waals surface area contributed by atoms with Gasteiger partial charge in [0.2, 0.25) is 0 Å². The quantitative estimate of drug-likeness (QED) is 0.767. The molecule has 0 radical (unpaired) electrons. The Hall–Kier alpha value is -0.700. The lowest BCUT2D eigenvalue weighted by Crippen LogP contribution is -2.21. The molecule has 0 aliphatic heterocycles. The highest BCUT2D eigenvalue weighted by atomic mass is 79.9. The van der Waals surface area contributed by atoms with Crippen LogP contribution in [0, 0.1) is 18.8 Å². The Morgan fingerprint density at radius 2 is 1.84 bits per heavy atom. The van der Waals surface area contributed by atoms with Crippen molar-refractivity contribution in [3.8, 4) is 0 Å². The van der Waals surface area contributed by atoms with Gasteiger partial charge in [-0.05, 0) is 65.2 Å². The van der Waals surface area contributed by atoms with Crippen molar-refractivity contribution < 1.29 is 0 Å². The highest BCUT2D eigenvalue weighted by Gasteiger charge is 2.19. The summed E-state index contributed by atoms with van der Waals surface area (Å²) < 4.78 is 1.07. The van der Waals surface area contributed by atoms with Gasteiger partial charge in [0, 0.05) is 22.4 Å². The van der Waals surface area contributed by atoms with Crippen molar-refractivity contribution in [2.45, 2.75) is 46.0 Å². The summed E-state index contributed by atoms with van der Waals surface area (Å²) in [4.78, 5) is 0. The lowest BCUT2D eigenvalue weighted by molar-refractivity contribution is 0.278. The zero-order chi connectivity index (χ0) is 13.8. The average molecular weight is 325 g/mol. The van der Waals surface area contributed by atoms with Crippen molar-refractivity contribution in [1.82, 2.24) is 0 Å². The van der Waals surface area contributed by atoms with Crippen molar-refractivity contribution in [3.05, 3.63) is 22.2 Å². The van der Waals surface area contributed by atoms with Crippen LogP contribution < -0.4 is 11.1 Å². The number of nitrogens with two attached hydrogens (primary N) is 1. The highest BCUT2D eigenvalue weighted by Crippen LogP contribution is 2.32. The van der Waals surface area contributed by atoms with Crippen LogP contribution in [0.3, 0.4) is 0 Å². The standard InChI is InChI=1S/C16H25BrN2/c1-3-12-4-6-13(7-5-12)10-19-16-8-11(2)15(18)9-14(16)17/h8-9,12-13,19H,3-7,10,18H2,1-2H3. The van der Waals surface area contributed by atoms with Crippen LogP contribution in [0.2, 0.25) is 0 Å². The predicted molar refractivity (Wildman–Crippen MR) is 87.5 cm³/mol. The van der Waals surface area contributed by atoms with Crippen molar-refractivity contribution >= 4 is 27.3 Å². The van der Waals surface area contributed by atoms with E-state index in [1.165, 1.54) is 37.8 Å². The SMILES string of the molecule is CCC1CCC(CNc2cc(C)c(N)cc2Br)CC1. The second-order valence-electron chi connectivity index (χ2n) is 5.86. The first kappa shape index (κ1) is 14.7. The first-order valence-corrected chi connectivity index (χ1v) is 8.19. The van der Waals surface area contributed by atoms with Gasteiger partial charge in [0.05, 0.1) is 0 Å². The molecule has 1 saturated carbocycles. The fraction of sp³-hybridized carbons (Fsp3) is 0.625. The van der Waals surface area contributed by atoms with E-state index in [9.17, 15) is 0 Å². The zero-order valence-corrected chi connectivity index (χ0v) is 13.6. The second-order valence-corrected chi connectivity index (χ2v) is 6.72. The summed E-state index contributed by atoms with van der Waals surface area (Å²) in [7, 11) is 0. The Labute approximate surface area is 125 Å². The van der Waals surface area contributed by atoms with Gasteiger partial charge in [-0.1, -0.05) is 26.2 Å². The molecule has 0 unspecified atom stereocenters. The van der Waals surface area contributed by atoms with E-state index in [0.29, 0.717) is 0 Å². The molecule has 2 nitrogen and oxygen atoms in total. The Kier molecular flexibility index (Phi) is 5.14. The first-order chi connectivity index (χ1) is 9.10. The topological polar surface area (TPSA) is 38.0 Å². The van der Waals surface area contributed by atoms with Gasteiger partial charge in [-0.25, -0.2) is 0 Å². The van der Waals surface area contributed by atoms with Crippen LogP contribution in [0.5, 0.6) is 0 Å². The monoisotopic (exact) mass is 324 g/mol. The van der Waals surface area contributed by atoms with E-state index in [1.807, 2.05) is 6.07 Å². The van der Waals surface area contributed by atoms with Crippen molar-refractivity contribution in [3.63, 3.8) is 0 Å². The van der Waals surface area contributed by atoms with Gasteiger partial charge in [0.25, 0.3) is 0 Å². The minimum absolute atomic E-state index is 0.826. The third-order valence-corrected chi connectivity index (χ3v) is 5.14. The highest BCUT2D eigenvalue weighted by molar-refractivity contribution is 9.10. The Morgan fingerprint density at radius 1 is 1.21 bits per heavy atom.